The van der Waals surface area contributed by atoms with Crippen LogP contribution in [-0.4, -0.2) is 32.2 Å². The Morgan fingerprint density at radius 1 is 1.35 bits per heavy atom. The molecule has 0 unspecified atom stereocenters. The number of sulfone groups is 1. The lowest BCUT2D eigenvalue weighted by Gasteiger charge is -2.01. The highest BCUT2D eigenvalue weighted by molar-refractivity contribution is 7.91. The molecule has 0 saturated carbocycles. The smallest absolute Gasteiger partial charge is 0.152 e. The number of hydrogen-bond donors (Lipinski definition) is 0. The Morgan fingerprint density at radius 3 is 2.71 bits per heavy atom. The van der Waals surface area contributed by atoms with Gasteiger partial charge in [-0.05, 0) is 18.6 Å². The van der Waals surface area contributed by atoms with Crippen molar-refractivity contribution in [3.05, 3.63) is 33.8 Å². The largest absolute Gasteiger partial charge is 0.288 e. The Balaban J connectivity index is 2.11. The third-order valence-corrected chi connectivity index (χ3v) is 4.91. The fraction of sp³-hybridized carbons (Fsp3) is 0.364. The van der Waals surface area contributed by atoms with E-state index in [4.69, 9.17) is 23.2 Å². The quantitative estimate of drug-likeness (QED) is 0.787. The van der Waals surface area contributed by atoms with Crippen LogP contribution in [0.1, 0.15) is 12.0 Å². The molecular weight excluding hydrogens is 281 g/mol. The average Bonchev–Trinajstić information content (AvgIpc) is 2.57. The summed E-state index contributed by atoms with van der Waals surface area (Å²) in [6.45, 7) is 0. The molecule has 1 aliphatic heterocycles. The lowest BCUT2D eigenvalue weighted by molar-refractivity contribution is 0.601. The normalized spacial score (nSPS) is 23.3. The molecule has 0 radical (unpaired) electrons. The summed E-state index contributed by atoms with van der Waals surface area (Å²) in [5.41, 5.74) is 0.750. The fourth-order valence-corrected chi connectivity index (χ4v) is 3.78. The predicted octanol–water partition coefficient (Wildman–Crippen LogP) is 2.60. The first-order valence-electron chi connectivity index (χ1n) is 5.15. The first-order valence-corrected chi connectivity index (χ1v) is 7.73. The molecule has 1 saturated heterocycles. The molecule has 92 valence electrons. The standard InChI is InChI=1S/C11H11Cl2NO2S/c12-9-2-1-8(11(13)5-9)6-14-10-3-4-17(15,16)7-10/h1-2,5-6,10H,3-4,7H2/t10-/m0/s1. The second-order valence-corrected chi connectivity index (χ2v) is 7.07. The van der Waals surface area contributed by atoms with Gasteiger partial charge in [-0.2, -0.15) is 0 Å². The molecule has 2 rings (SSSR count). The van der Waals surface area contributed by atoms with E-state index in [-0.39, 0.29) is 17.5 Å². The van der Waals surface area contributed by atoms with Gasteiger partial charge in [-0.15, -0.1) is 0 Å². The van der Waals surface area contributed by atoms with Crippen LogP contribution in [0.5, 0.6) is 0 Å². The van der Waals surface area contributed by atoms with E-state index < -0.39 is 9.84 Å². The van der Waals surface area contributed by atoms with Gasteiger partial charge in [-0.3, -0.25) is 4.99 Å². The van der Waals surface area contributed by atoms with Gasteiger partial charge in [-0.25, -0.2) is 8.42 Å². The van der Waals surface area contributed by atoms with Gasteiger partial charge in [0.2, 0.25) is 0 Å². The third kappa shape index (κ3) is 3.44. The summed E-state index contributed by atoms with van der Waals surface area (Å²) >= 11 is 11.8. The molecule has 0 bridgehead atoms. The minimum absolute atomic E-state index is 0.134. The van der Waals surface area contributed by atoms with Crippen molar-refractivity contribution in [2.75, 3.05) is 11.5 Å². The molecule has 6 heteroatoms. The van der Waals surface area contributed by atoms with E-state index >= 15 is 0 Å². The average molecular weight is 292 g/mol. The van der Waals surface area contributed by atoms with Crippen molar-refractivity contribution in [3.63, 3.8) is 0 Å². The van der Waals surface area contributed by atoms with E-state index in [2.05, 4.69) is 4.99 Å². The maximum Gasteiger partial charge on any atom is 0.152 e. The summed E-state index contributed by atoms with van der Waals surface area (Å²) in [6.07, 6.45) is 2.20. The number of hydrogen-bond acceptors (Lipinski definition) is 3. The van der Waals surface area contributed by atoms with Crippen LogP contribution in [0.25, 0.3) is 0 Å². The van der Waals surface area contributed by atoms with Gasteiger partial charge < -0.3 is 0 Å². The zero-order valence-electron chi connectivity index (χ0n) is 8.94. The Kier molecular flexibility index (Phi) is 3.76. The van der Waals surface area contributed by atoms with Crippen LogP contribution >= 0.6 is 23.2 Å². The molecule has 0 N–H and O–H groups in total. The molecule has 1 heterocycles. The third-order valence-electron chi connectivity index (χ3n) is 2.60. The van der Waals surface area contributed by atoms with E-state index in [0.717, 1.165) is 5.56 Å². The molecule has 1 aromatic rings. The fourth-order valence-electron chi connectivity index (χ4n) is 1.68. The number of rotatable bonds is 2. The van der Waals surface area contributed by atoms with Crippen LogP contribution in [0.4, 0.5) is 0 Å². The van der Waals surface area contributed by atoms with Crippen molar-refractivity contribution >= 4 is 39.3 Å². The van der Waals surface area contributed by atoms with Crippen LogP contribution < -0.4 is 0 Å². The molecule has 1 fully saturated rings. The van der Waals surface area contributed by atoms with E-state index in [1.165, 1.54) is 0 Å². The number of benzene rings is 1. The molecule has 0 aromatic heterocycles. The Morgan fingerprint density at radius 2 is 2.12 bits per heavy atom. The van der Waals surface area contributed by atoms with Crippen molar-refractivity contribution in [2.45, 2.75) is 12.5 Å². The van der Waals surface area contributed by atoms with Crippen LogP contribution in [0, 0.1) is 0 Å². The van der Waals surface area contributed by atoms with Gasteiger partial charge in [0, 0.05) is 16.8 Å². The van der Waals surface area contributed by atoms with Crippen LogP contribution in [0.3, 0.4) is 0 Å². The number of nitrogens with zero attached hydrogens (tertiary/aromatic N) is 1. The Bertz CT molecular complexity index is 555. The highest BCUT2D eigenvalue weighted by atomic mass is 35.5. The highest BCUT2D eigenvalue weighted by Gasteiger charge is 2.26. The van der Waals surface area contributed by atoms with Gasteiger partial charge in [0.15, 0.2) is 9.84 Å². The van der Waals surface area contributed by atoms with Crippen LogP contribution in [0.2, 0.25) is 10.0 Å². The topological polar surface area (TPSA) is 46.5 Å². The molecule has 0 amide bonds. The lowest BCUT2D eigenvalue weighted by atomic mass is 10.2. The predicted molar refractivity (Wildman–Crippen MR) is 71.1 cm³/mol. The van der Waals surface area contributed by atoms with E-state index in [1.54, 1.807) is 24.4 Å². The summed E-state index contributed by atoms with van der Waals surface area (Å²) < 4.78 is 22.5. The number of halogens is 2. The minimum Gasteiger partial charge on any atom is -0.288 e. The summed E-state index contributed by atoms with van der Waals surface area (Å²) in [4.78, 5) is 4.25. The molecular formula is C11H11Cl2NO2S. The first kappa shape index (κ1) is 12.9. The van der Waals surface area contributed by atoms with E-state index in [1.807, 2.05) is 0 Å². The van der Waals surface area contributed by atoms with Gasteiger partial charge >= 0.3 is 0 Å². The zero-order valence-corrected chi connectivity index (χ0v) is 11.3. The molecule has 1 aromatic carbocycles. The molecule has 0 aliphatic carbocycles. The van der Waals surface area contributed by atoms with Gasteiger partial charge in [-0.1, -0.05) is 29.3 Å². The molecule has 3 nitrogen and oxygen atoms in total. The van der Waals surface area contributed by atoms with Crippen molar-refractivity contribution in [2.24, 2.45) is 4.99 Å². The number of aliphatic imine (C=N–C) groups is 1. The van der Waals surface area contributed by atoms with Crippen molar-refractivity contribution in [1.82, 2.24) is 0 Å². The van der Waals surface area contributed by atoms with Gasteiger partial charge in [0.1, 0.15) is 0 Å². The van der Waals surface area contributed by atoms with Gasteiger partial charge in [0.25, 0.3) is 0 Å². The second kappa shape index (κ2) is 4.96. The van der Waals surface area contributed by atoms with Crippen LogP contribution in [0.15, 0.2) is 23.2 Å². The Labute approximate surface area is 110 Å². The summed E-state index contributed by atoms with van der Waals surface area (Å²) in [5.74, 6) is 0.359. The summed E-state index contributed by atoms with van der Waals surface area (Å²) in [5, 5.41) is 1.08. The highest BCUT2D eigenvalue weighted by Crippen LogP contribution is 2.20. The SMILES string of the molecule is O=S1(=O)CC[C@H](N=Cc2ccc(Cl)cc2Cl)C1. The Hall–Kier alpha value is -0.580. The second-order valence-electron chi connectivity index (χ2n) is 4.00. The van der Waals surface area contributed by atoms with Crippen molar-refractivity contribution in [1.29, 1.82) is 0 Å². The van der Waals surface area contributed by atoms with Gasteiger partial charge in [0.05, 0.1) is 22.6 Å². The molecule has 17 heavy (non-hydrogen) atoms. The zero-order chi connectivity index (χ0) is 12.5. The van der Waals surface area contributed by atoms with E-state index in [0.29, 0.717) is 16.5 Å². The van der Waals surface area contributed by atoms with E-state index in [9.17, 15) is 8.42 Å². The van der Waals surface area contributed by atoms with Crippen molar-refractivity contribution < 1.29 is 8.42 Å². The molecule has 1 aliphatic rings. The summed E-state index contributed by atoms with van der Waals surface area (Å²) in [7, 11) is -2.88. The summed E-state index contributed by atoms with van der Waals surface area (Å²) in [6, 6.07) is 4.97. The monoisotopic (exact) mass is 291 g/mol. The first-order chi connectivity index (χ1) is 7.96. The molecule has 0 spiro atoms. The van der Waals surface area contributed by atoms with Crippen LogP contribution in [-0.2, 0) is 9.84 Å². The maximum absolute atomic E-state index is 11.2. The minimum atomic E-state index is -2.88. The molecule has 1 atom stereocenters. The van der Waals surface area contributed by atoms with Crippen molar-refractivity contribution in [3.8, 4) is 0 Å². The maximum atomic E-state index is 11.2. The lowest BCUT2D eigenvalue weighted by Crippen LogP contribution is -2.07.